The van der Waals surface area contributed by atoms with E-state index in [1.807, 2.05) is 72.2 Å². The summed E-state index contributed by atoms with van der Waals surface area (Å²) in [5.41, 5.74) is 8.51. The van der Waals surface area contributed by atoms with E-state index in [0.717, 1.165) is 34.3 Å². The molecule has 0 bridgehead atoms. The number of methoxy groups -OCH3 is 1. The maximum atomic E-state index is 5.56. The van der Waals surface area contributed by atoms with Gasteiger partial charge in [-0.25, -0.2) is 4.68 Å². The molecule has 2 N–H and O–H groups in total. The Balaban J connectivity index is 1.99. The fourth-order valence-corrected chi connectivity index (χ4v) is 2.61. The molecule has 1 heterocycles. The smallest absolute Gasteiger partial charge is 0.151 e. The van der Waals surface area contributed by atoms with Crippen LogP contribution in [0.1, 0.15) is 0 Å². The summed E-state index contributed by atoms with van der Waals surface area (Å²) in [7, 11) is 5.62. The number of anilines is 1. The van der Waals surface area contributed by atoms with Crippen LogP contribution in [-0.4, -0.2) is 44.1 Å². The lowest BCUT2D eigenvalue weighted by atomic mass is 10.1. The molecule has 0 aliphatic carbocycles. The summed E-state index contributed by atoms with van der Waals surface area (Å²) in [5, 5.41) is 4.74. The Morgan fingerprint density at radius 1 is 1.00 bits per heavy atom. The number of hydrogen-bond acceptors (Lipinski definition) is 5. The molecular weight excluding hydrogens is 328 g/mol. The first-order valence-electron chi connectivity index (χ1n) is 8.47. The van der Waals surface area contributed by atoms with Crippen LogP contribution >= 0.6 is 0 Å². The van der Waals surface area contributed by atoms with E-state index >= 15 is 0 Å². The van der Waals surface area contributed by atoms with Crippen LogP contribution in [0.15, 0.2) is 54.6 Å². The van der Waals surface area contributed by atoms with Gasteiger partial charge in [-0.3, -0.25) is 0 Å². The Labute approximate surface area is 153 Å². The molecule has 26 heavy (non-hydrogen) atoms. The zero-order chi connectivity index (χ0) is 18.5. The molecule has 0 aliphatic rings. The van der Waals surface area contributed by atoms with Gasteiger partial charge in [0.05, 0.1) is 18.5 Å². The van der Waals surface area contributed by atoms with Gasteiger partial charge in [0.1, 0.15) is 18.1 Å². The van der Waals surface area contributed by atoms with Crippen molar-refractivity contribution < 1.29 is 9.47 Å². The van der Waals surface area contributed by atoms with Crippen molar-refractivity contribution in [1.29, 1.82) is 0 Å². The summed E-state index contributed by atoms with van der Waals surface area (Å²) in [4.78, 5) is 1.99. The number of nitrogens with two attached hydrogens (primary N) is 1. The molecule has 0 atom stereocenters. The van der Waals surface area contributed by atoms with E-state index in [9.17, 15) is 0 Å². The van der Waals surface area contributed by atoms with E-state index in [1.54, 1.807) is 7.11 Å². The maximum Gasteiger partial charge on any atom is 0.151 e. The van der Waals surface area contributed by atoms with E-state index in [1.165, 1.54) is 0 Å². The highest BCUT2D eigenvalue weighted by Gasteiger charge is 2.13. The van der Waals surface area contributed by atoms with Crippen LogP contribution in [0.4, 0.5) is 5.82 Å². The molecule has 0 fully saturated rings. The highest BCUT2D eigenvalue weighted by molar-refractivity contribution is 5.67. The summed E-state index contributed by atoms with van der Waals surface area (Å²) < 4.78 is 12.7. The number of benzene rings is 2. The Bertz CT molecular complexity index is 839. The molecule has 136 valence electrons. The third-order valence-corrected chi connectivity index (χ3v) is 4.01. The minimum absolute atomic E-state index is 0.498. The van der Waals surface area contributed by atoms with Crippen LogP contribution in [0.3, 0.4) is 0 Å². The number of rotatable bonds is 7. The van der Waals surface area contributed by atoms with Gasteiger partial charge >= 0.3 is 0 Å². The van der Waals surface area contributed by atoms with E-state index in [2.05, 4.69) is 6.07 Å². The lowest BCUT2D eigenvalue weighted by Gasteiger charge is -2.10. The molecule has 1 aromatic heterocycles. The van der Waals surface area contributed by atoms with Gasteiger partial charge < -0.3 is 20.1 Å². The van der Waals surface area contributed by atoms with Crippen molar-refractivity contribution in [2.24, 2.45) is 5.73 Å². The Morgan fingerprint density at radius 2 is 1.65 bits per heavy atom. The summed E-state index contributed by atoms with van der Waals surface area (Å²) in [6.07, 6.45) is 0. The molecule has 6 nitrogen and oxygen atoms in total. The minimum atomic E-state index is 0.498. The molecule has 3 aromatic rings. The second kappa shape index (κ2) is 7.93. The third-order valence-electron chi connectivity index (χ3n) is 4.01. The predicted molar refractivity (Wildman–Crippen MR) is 104 cm³/mol. The summed E-state index contributed by atoms with van der Waals surface area (Å²) in [6, 6.07) is 17.9. The first-order chi connectivity index (χ1) is 12.6. The van der Waals surface area contributed by atoms with E-state index < -0.39 is 0 Å². The molecule has 0 spiro atoms. The highest BCUT2D eigenvalue weighted by Crippen LogP contribution is 2.29. The largest absolute Gasteiger partial charge is 0.497 e. The van der Waals surface area contributed by atoms with E-state index in [4.69, 9.17) is 20.3 Å². The van der Waals surface area contributed by atoms with Crippen LogP contribution in [-0.2, 0) is 0 Å². The lowest BCUT2D eigenvalue weighted by Crippen LogP contribution is -2.10. The van der Waals surface area contributed by atoms with Crippen molar-refractivity contribution in [3.05, 3.63) is 54.6 Å². The lowest BCUT2D eigenvalue weighted by molar-refractivity contribution is 0.328. The molecule has 0 saturated carbocycles. The van der Waals surface area contributed by atoms with Crippen LogP contribution in [0, 0.1) is 0 Å². The van der Waals surface area contributed by atoms with Crippen molar-refractivity contribution in [1.82, 2.24) is 9.78 Å². The Kier molecular flexibility index (Phi) is 5.43. The standard InChI is InChI=1S/C20H24N4O2/c1-23(2)20-14-19(15-4-8-18(9-5-15)26-13-12-21)24(22-20)16-6-10-17(25-3)11-7-16/h4-11,14H,12-13,21H2,1-3H3. The van der Waals surface area contributed by atoms with Gasteiger partial charge in [-0.15, -0.1) is 5.10 Å². The molecule has 2 aromatic carbocycles. The molecule has 0 unspecified atom stereocenters. The number of nitrogens with zero attached hydrogens (tertiary/aromatic N) is 3. The first kappa shape index (κ1) is 17.8. The summed E-state index contributed by atoms with van der Waals surface area (Å²) in [5.74, 6) is 2.51. The number of ether oxygens (including phenoxy) is 2. The van der Waals surface area contributed by atoms with Gasteiger partial charge in [0, 0.05) is 32.3 Å². The molecule has 0 radical (unpaired) electrons. The molecule has 0 saturated heterocycles. The fraction of sp³-hybridized carbons (Fsp3) is 0.250. The van der Waals surface area contributed by atoms with Crippen LogP contribution in [0.2, 0.25) is 0 Å². The molecular formula is C20H24N4O2. The van der Waals surface area contributed by atoms with Crippen LogP contribution in [0.25, 0.3) is 16.9 Å². The van der Waals surface area contributed by atoms with Gasteiger partial charge in [0.25, 0.3) is 0 Å². The Hall–Kier alpha value is -2.99. The minimum Gasteiger partial charge on any atom is -0.497 e. The molecule has 0 aliphatic heterocycles. The van der Waals surface area contributed by atoms with Crippen molar-refractivity contribution in [3.63, 3.8) is 0 Å². The molecule has 0 amide bonds. The van der Waals surface area contributed by atoms with Gasteiger partial charge in [-0.2, -0.15) is 0 Å². The number of hydrogen-bond donors (Lipinski definition) is 1. The third kappa shape index (κ3) is 3.81. The molecule has 6 heteroatoms. The van der Waals surface area contributed by atoms with Gasteiger partial charge in [0.2, 0.25) is 0 Å². The van der Waals surface area contributed by atoms with E-state index in [-0.39, 0.29) is 0 Å². The monoisotopic (exact) mass is 352 g/mol. The average Bonchev–Trinajstić information content (AvgIpc) is 3.12. The second-order valence-electron chi connectivity index (χ2n) is 6.05. The van der Waals surface area contributed by atoms with Crippen molar-refractivity contribution >= 4 is 5.82 Å². The fourth-order valence-electron chi connectivity index (χ4n) is 2.61. The van der Waals surface area contributed by atoms with Crippen molar-refractivity contribution in [3.8, 4) is 28.4 Å². The van der Waals surface area contributed by atoms with Gasteiger partial charge in [-0.05, 0) is 48.5 Å². The normalized spacial score (nSPS) is 10.6. The number of aromatic nitrogens is 2. The SMILES string of the molecule is COc1ccc(-n2nc(N(C)C)cc2-c2ccc(OCCN)cc2)cc1. The zero-order valence-corrected chi connectivity index (χ0v) is 15.3. The van der Waals surface area contributed by atoms with Crippen molar-refractivity contribution in [2.75, 3.05) is 39.3 Å². The quantitative estimate of drug-likeness (QED) is 0.708. The average molecular weight is 352 g/mol. The topological polar surface area (TPSA) is 65.5 Å². The first-order valence-corrected chi connectivity index (χ1v) is 8.47. The molecule has 3 rings (SSSR count). The van der Waals surface area contributed by atoms with Crippen LogP contribution < -0.4 is 20.1 Å². The van der Waals surface area contributed by atoms with Crippen molar-refractivity contribution in [2.45, 2.75) is 0 Å². The van der Waals surface area contributed by atoms with Crippen LogP contribution in [0.5, 0.6) is 11.5 Å². The van der Waals surface area contributed by atoms with E-state index in [0.29, 0.717) is 13.2 Å². The van der Waals surface area contributed by atoms with Gasteiger partial charge in [-0.1, -0.05) is 0 Å². The predicted octanol–water partition coefficient (Wildman–Crippen LogP) is 2.95. The zero-order valence-electron chi connectivity index (χ0n) is 15.3. The highest BCUT2D eigenvalue weighted by atomic mass is 16.5. The maximum absolute atomic E-state index is 5.56. The second-order valence-corrected chi connectivity index (χ2v) is 6.05. The summed E-state index contributed by atoms with van der Waals surface area (Å²) in [6.45, 7) is 1.01. The Morgan fingerprint density at radius 3 is 2.23 bits per heavy atom. The van der Waals surface area contributed by atoms with Gasteiger partial charge in [0.15, 0.2) is 5.82 Å². The summed E-state index contributed by atoms with van der Waals surface area (Å²) >= 11 is 0.